The minimum atomic E-state index is -0.965. The largest absolute Gasteiger partial charge is 0.478 e. The van der Waals surface area contributed by atoms with Crippen LogP contribution in [-0.2, 0) is 4.74 Å². The molecule has 0 unspecified atom stereocenters. The molecule has 0 radical (unpaired) electrons. The van der Waals surface area contributed by atoms with Crippen molar-refractivity contribution in [3.8, 4) is 22.5 Å². The first kappa shape index (κ1) is 30.4. The van der Waals surface area contributed by atoms with E-state index in [0.29, 0.717) is 27.3 Å². The lowest BCUT2D eigenvalue weighted by Gasteiger charge is -2.06. The van der Waals surface area contributed by atoms with Crippen LogP contribution < -0.4 is 0 Å². The third kappa shape index (κ3) is 7.17. The minimum absolute atomic E-state index is 0. The van der Waals surface area contributed by atoms with Crippen LogP contribution in [0.4, 0.5) is 0 Å². The van der Waals surface area contributed by atoms with Crippen LogP contribution in [0.1, 0.15) is 39.3 Å². The maximum atomic E-state index is 11.4. The molecule has 4 N–H and O–H groups in total. The van der Waals surface area contributed by atoms with Crippen LogP contribution in [-0.4, -0.2) is 56.3 Å². The third-order valence-electron chi connectivity index (χ3n) is 4.84. The molecule has 0 saturated carbocycles. The number of aliphatic hydroxyl groups is 1. The van der Waals surface area contributed by atoms with Crippen LogP contribution in [0.3, 0.4) is 0 Å². The summed E-state index contributed by atoms with van der Waals surface area (Å²) < 4.78 is 4.68. The fourth-order valence-corrected chi connectivity index (χ4v) is 3.46. The molecular weight excluding hydrogens is 507 g/mol. The van der Waals surface area contributed by atoms with Crippen molar-refractivity contribution in [2.75, 3.05) is 14.2 Å². The molecule has 0 saturated heterocycles. The topological polar surface area (TPSA) is 141 Å². The number of halogens is 2. The minimum Gasteiger partial charge on any atom is -0.478 e. The van der Waals surface area contributed by atoms with Gasteiger partial charge in [-0.25, -0.2) is 19.6 Å². The van der Waals surface area contributed by atoms with Crippen LogP contribution >= 0.6 is 23.2 Å². The van der Waals surface area contributed by atoms with Gasteiger partial charge in [-0.05, 0) is 49.2 Å². The molecule has 2 heterocycles. The van der Waals surface area contributed by atoms with Crippen molar-refractivity contribution in [3.63, 3.8) is 0 Å². The van der Waals surface area contributed by atoms with Crippen LogP contribution in [0.5, 0.6) is 0 Å². The zero-order chi connectivity index (χ0) is 26.1. The molecule has 0 fully saturated rings. The van der Waals surface area contributed by atoms with E-state index in [-0.39, 0.29) is 19.0 Å². The van der Waals surface area contributed by atoms with Gasteiger partial charge >= 0.3 is 11.9 Å². The van der Waals surface area contributed by atoms with Gasteiger partial charge < -0.3 is 24.9 Å². The Hall–Kier alpha value is -3.66. The number of aromatic carboxylic acids is 1. The number of aromatic amines is 2. The van der Waals surface area contributed by atoms with E-state index >= 15 is 0 Å². The highest BCUT2D eigenvalue weighted by atomic mass is 35.5. The number of hydrogen-bond donors (Lipinski definition) is 4. The van der Waals surface area contributed by atoms with Gasteiger partial charge in [-0.2, -0.15) is 0 Å². The van der Waals surface area contributed by atoms with Crippen molar-refractivity contribution < 1.29 is 24.5 Å². The summed E-state index contributed by atoms with van der Waals surface area (Å²) in [4.78, 5) is 36.1. The van der Waals surface area contributed by atoms with E-state index in [2.05, 4.69) is 24.7 Å². The Kier molecular flexibility index (Phi) is 11.8. The SMILES string of the molecule is C.CO.COC(=O)c1ccc(C)c(-c2nc[nH]c2Cl)c1.Cc1ccc(C(=O)O)cc1-c1nc[nH]c1Cl. The van der Waals surface area contributed by atoms with E-state index in [4.69, 9.17) is 33.4 Å². The molecule has 0 aliphatic rings. The second-order valence-corrected chi connectivity index (χ2v) is 7.74. The van der Waals surface area contributed by atoms with Gasteiger partial charge in [-0.3, -0.25) is 0 Å². The van der Waals surface area contributed by atoms with Crippen molar-refractivity contribution in [1.82, 2.24) is 19.9 Å². The van der Waals surface area contributed by atoms with E-state index < -0.39 is 5.97 Å². The van der Waals surface area contributed by atoms with Gasteiger partial charge in [0.1, 0.15) is 21.7 Å². The lowest BCUT2D eigenvalue weighted by Crippen LogP contribution is -2.01. The molecule has 0 aliphatic heterocycles. The molecule has 192 valence electrons. The van der Waals surface area contributed by atoms with Crippen LogP contribution in [0, 0.1) is 13.8 Å². The molecule has 4 rings (SSSR count). The summed E-state index contributed by atoms with van der Waals surface area (Å²) in [5.74, 6) is -1.34. The van der Waals surface area contributed by atoms with Gasteiger partial charge in [0, 0.05) is 18.2 Å². The van der Waals surface area contributed by atoms with E-state index in [1.807, 2.05) is 19.9 Å². The molecule has 0 aliphatic carbocycles. The summed E-state index contributed by atoms with van der Waals surface area (Å²) >= 11 is 11.9. The van der Waals surface area contributed by atoms with Crippen LogP contribution in [0.25, 0.3) is 22.5 Å². The summed E-state index contributed by atoms with van der Waals surface area (Å²) in [6, 6.07) is 10.1. The number of H-pyrrole nitrogens is 2. The van der Waals surface area contributed by atoms with Gasteiger partial charge in [-0.1, -0.05) is 42.8 Å². The molecular formula is C25H28Cl2N4O5. The number of aryl methyl sites for hydroxylation is 2. The highest BCUT2D eigenvalue weighted by molar-refractivity contribution is 6.32. The van der Waals surface area contributed by atoms with Gasteiger partial charge in [0.15, 0.2) is 0 Å². The summed E-state index contributed by atoms with van der Waals surface area (Å²) in [5, 5.41) is 16.8. The molecule has 11 heteroatoms. The quantitative estimate of drug-likeness (QED) is 0.242. The van der Waals surface area contributed by atoms with E-state index in [1.165, 1.54) is 19.8 Å². The first-order chi connectivity index (χ1) is 16.7. The normalized spacial score (nSPS) is 9.64. The summed E-state index contributed by atoms with van der Waals surface area (Å²) in [5.41, 5.74) is 5.37. The number of ether oxygens (including phenoxy) is 1. The number of carboxylic acids is 1. The highest BCUT2D eigenvalue weighted by Crippen LogP contribution is 2.29. The second kappa shape index (κ2) is 14.0. The number of benzene rings is 2. The zero-order valence-corrected chi connectivity index (χ0v) is 20.9. The molecule has 2 aromatic carbocycles. The molecule has 0 bridgehead atoms. The van der Waals surface area contributed by atoms with Crippen molar-refractivity contribution in [3.05, 3.63) is 81.6 Å². The predicted molar refractivity (Wildman–Crippen MR) is 141 cm³/mol. The Morgan fingerprint density at radius 2 is 1.25 bits per heavy atom. The molecule has 0 amide bonds. The standard InChI is InChI=1S/C12H11ClN2O2.C11H9ClN2O2.CH4O.CH4/c1-7-3-4-8(12(16)17-2)5-9(7)10-11(13)15-6-14-10;1-6-2-3-7(11(15)16)4-8(6)9-10(12)14-5-13-9;1-2;/h3-6H,1-2H3,(H,14,15);2-5H,1H3,(H,13,14)(H,15,16);2H,1H3;1H4. The third-order valence-corrected chi connectivity index (χ3v) is 5.42. The Bertz CT molecular complexity index is 1320. The number of imidazole rings is 2. The van der Waals surface area contributed by atoms with Crippen LogP contribution in [0.15, 0.2) is 49.1 Å². The predicted octanol–water partition coefficient (Wildman–Crippen LogP) is 5.81. The number of aromatic nitrogens is 4. The van der Waals surface area contributed by atoms with Gasteiger partial charge in [0.25, 0.3) is 0 Å². The Morgan fingerprint density at radius 1 is 0.833 bits per heavy atom. The molecule has 0 atom stereocenters. The average molecular weight is 535 g/mol. The first-order valence-corrected chi connectivity index (χ1v) is 10.8. The lowest BCUT2D eigenvalue weighted by molar-refractivity contribution is 0.0600. The van der Waals surface area contributed by atoms with Crippen molar-refractivity contribution in [1.29, 1.82) is 0 Å². The molecule has 36 heavy (non-hydrogen) atoms. The van der Waals surface area contributed by atoms with E-state index in [9.17, 15) is 9.59 Å². The number of rotatable bonds is 4. The maximum absolute atomic E-state index is 11.4. The van der Waals surface area contributed by atoms with E-state index in [0.717, 1.165) is 29.4 Å². The number of methoxy groups -OCH3 is 1. The fraction of sp³-hybridized carbons (Fsp3) is 0.200. The first-order valence-electron chi connectivity index (χ1n) is 10.1. The summed E-state index contributed by atoms with van der Waals surface area (Å²) in [6.45, 7) is 3.81. The number of carboxylic acid groups (broad SMARTS) is 1. The average Bonchev–Trinajstić information content (AvgIpc) is 3.48. The molecule has 0 spiro atoms. The lowest BCUT2D eigenvalue weighted by atomic mass is 10.0. The molecule has 4 aromatic rings. The monoisotopic (exact) mass is 534 g/mol. The summed E-state index contributed by atoms with van der Waals surface area (Å²) in [7, 11) is 2.35. The number of nitrogens with one attached hydrogen (secondary N) is 2. The highest BCUT2D eigenvalue weighted by Gasteiger charge is 2.14. The number of nitrogens with zero attached hydrogens (tertiary/aromatic N) is 2. The number of aliphatic hydroxyl groups excluding tert-OH is 1. The van der Waals surface area contributed by atoms with Gasteiger partial charge in [0.05, 0.1) is 30.9 Å². The Balaban J connectivity index is 0.000000329. The Morgan fingerprint density at radius 3 is 1.61 bits per heavy atom. The van der Waals surface area contributed by atoms with Crippen molar-refractivity contribution in [2.45, 2.75) is 21.3 Å². The van der Waals surface area contributed by atoms with E-state index in [1.54, 1.807) is 30.3 Å². The second-order valence-electron chi connectivity index (χ2n) is 6.99. The maximum Gasteiger partial charge on any atom is 0.337 e. The van der Waals surface area contributed by atoms with Gasteiger partial charge in [-0.15, -0.1) is 0 Å². The van der Waals surface area contributed by atoms with Crippen LogP contribution in [0.2, 0.25) is 10.3 Å². The van der Waals surface area contributed by atoms with Gasteiger partial charge in [0.2, 0.25) is 0 Å². The molecule has 9 nitrogen and oxygen atoms in total. The zero-order valence-electron chi connectivity index (χ0n) is 19.4. The van der Waals surface area contributed by atoms with Crippen molar-refractivity contribution in [2.24, 2.45) is 0 Å². The number of hydrogen-bond acceptors (Lipinski definition) is 6. The number of carbonyl (C=O) groups is 2. The molecule has 2 aromatic heterocycles. The number of carbonyl (C=O) groups excluding carboxylic acids is 1. The number of esters is 1. The fourth-order valence-electron chi connectivity index (χ4n) is 3.06. The smallest absolute Gasteiger partial charge is 0.337 e. The van der Waals surface area contributed by atoms with Crippen molar-refractivity contribution >= 4 is 35.1 Å². The summed E-state index contributed by atoms with van der Waals surface area (Å²) in [6.07, 6.45) is 2.99. The Labute approximate surface area is 219 Å².